The van der Waals surface area contributed by atoms with Gasteiger partial charge in [0.15, 0.2) is 11.6 Å². The smallest absolute Gasteiger partial charge is 0.193 e. The van der Waals surface area contributed by atoms with Crippen molar-refractivity contribution in [1.29, 1.82) is 0 Å². The molecule has 0 aliphatic heterocycles. The maximum Gasteiger partial charge on any atom is 0.193 e. The monoisotopic (exact) mass is 142 g/mol. The lowest BCUT2D eigenvalue weighted by atomic mass is 10.1. The fraction of sp³-hybridized carbons (Fsp3) is 0.429. The predicted octanol–water partition coefficient (Wildman–Crippen LogP) is 0.0815. The van der Waals surface area contributed by atoms with Crippen LogP contribution in [0.2, 0.25) is 0 Å². The van der Waals surface area contributed by atoms with Gasteiger partial charge in [-0.15, -0.1) is 0 Å². The summed E-state index contributed by atoms with van der Waals surface area (Å²) in [7, 11) is 0. The topological polar surface area (TPSA) is 54.4 Å². The van der Waals surface area contributed by atoms with Crippen LogP contribution in [0, 0.1) is 0 Å². The van der Waals surface area contributed by atoms with Gasteiger partial charge in [-0.3, -0.25) is 9.59 Å². The molecule has 0 radical (unpaired) electrons. The van der Waals surface area contributed by atoms with E-state index in [1.54, 1.807) is 0 Å². The fourth-order valence-corrected chi connectivity index (χ4v) is 0.426. The number of aliphatic hydroxyl groups excluding tert-OH is 1. The van der Waals surface area contributed by atoms with Crippen LogP contribution in [0.4, 0.5) is 0 Å². The van der Waals surface area contributed by atoms with E-state index in [1.807, 2.05) is 0 Å². The zero-order valence-electron chi connectivity index (χ0n) is 6.05. The predicted molar refractivity (Wildman–Crippen MR) is 36.5 cm³/mol. The molecule has 0 aromatic heterocycles. The highest BCUT2D eigenvalue weighted by Gasteiger charge is 2.15. The van der Waals surface area contributed by atoms with Gasteiger partial charge in [0.25, 0.3) is 0 Å². The van der Waals surface area contributed by atoms with E-state index in [1.165, 1.54) is 13.8 Å². The molecule has 0 amide bonds. The van der Waals surface area contributed by atoms with Crippen molar-refractivity contribution in [2.24, 2.45) is 0 Å². The quantitative estimate of drug-likeness (QED) is 0.345. The zero-order valence-corrected chi connectivity index (χ0v) is 6.05. The van der Waals surface area contributed by atoms with E-state index in [9.17, 15) is 9.59 Å². The second kappa shape index (κ2) is 3.27. The molecule has 0 bridgehead atoms. The molecule has 56 valence electrons. The van der Waals surface area contributed by atoms with Crippen molar-refractivity contribution in [2.75, 3.05) is 0 Å². The maximum absolute atomic E-state index is 10.7. The van der Waals surface area contributed by atoms with Crippen molar-refractivity contribution in [3.63, 3.8) is 0 Å². The lowest BCUT2D eigenvalue weighted by Crippen LogP contribution is -2.21. The van der Waals surface area contributed by atoms with Gasteiger partial charge in [-0.05, 0) is 13.8 Å². The van der Waals surface area contributed by atoms with Crippen molar-refractivity contribution in [1.82, 2.24) is 0 Å². The molecule has 0 aromatic carbocycles. The molecule has 10 heavy (non-hydrogen) atoms. The Balaban J connectivity index is 4.24. The van der Waals surface area contributed by atoms with Gasteiger partial charge in [0.05, 0.1) is 5.57 Å². The fourth-order valence-electron chi connectivity index (χ4n) is 0.426. The average molecular weight is 142 g/mol. The van der Waals surface area contributed by atoms with Gasteiger partial charge in [-0.2, -0.15) is 0 Å². The highest BCUT2D eigenvalue weighted by atomic mass is 16.3. The van der Waals surface area contributed by atoms with Gasteiger partial charge >= 0.3 is 0 Å². The zero-order chi connectivity index (χ0) is 8.31. The summed E-state index contributed by atoms with van der Waals surface area (Å²) in [6, 6.07) is 0. The van der Waals surface area contributed by atoms with Crippen LogP contribution in [0.25, 0.3) is 0 Å². The van der Waals surface area contributed by atoms with Gasteiger partial charge in [0.1, 0.15) is 6.10 Å². The molecule has 0 aliphatic carbocycles. The van der Waals surface area contributed by atoms with E-state index in [0.29, 0.717) is 0 Å². The third kappa shape index (κ3) is 2.11. The molecular weight excluding hydrogens is 132 g/mol. The van der Waals surface area contributed by atoms with Crippen LogP contribution in [-0.4, -0.2) is 22.8 Å². The lowest BCUT2D eigenvalue weighted by Gasteiger charge is -2.01. The summed E-state index contributed by atoms with van der Waals surface area (Å²) in [6.07, 6.45) is -1.13. The first kappa shape index (κ1) is 9.04. The van der Waals surface area contributed by atoms with Crippen LogP contribution in [-0.2, 0) is 9.59 Å². The Morgan fingerprint density at radius 1 is 1.50 bits per heavy atom. The van der Waals surface area contributed by atoms with E-state index in [-0.39, 0.29) is 5.57 Å². The van der Waals surface area contributed by atoms with E-state index in [0.717, 1.165) is 0 Å². The normalized spacial score (nSPS) is 12.3. The number of carbonyl (C=O) groups excluding carboxylic acids is 2. The largest absolute Gasteiger partial charge is 0.385 e. The van der Waals surface area contributed by atoms with Gasteiger partial charge in [0, 0.05) is 0 Å². The highest BCUT2D eigenvalue weighted by Crippen LogP contribution is 1.97. The lowest BCUT2D eigenvalue weighted by molar-refractivity contribution is -0.125. The third-order valence-electron chi connectivity index (χ3n) is 1.10. The molecule has 0 fully saturated rings. The summed E-state index contributed by atoms with van der Waals surface area (Å²) in [5.74, 6) is -1.00. The number of hydrogen-bond donors (Lipinski definition) is 1. The first-order valence-corrected chi connectivity index (χ1v) is 2.89. The third-order valence-corrected chi connectivity index (χ3v) is 1.10. The van der Waals surface area contributed by atoms with Crippen molar-refractivity contribution < 1.29 is 14.7 Å². The maximum atomic E-state index is 10.7. The van der Waals surface area contributed by atoms with Crippen molar-refractivity contribution in [3.8, 4) is 0 Å². The number of carbonyl (C=O) groups is 2. The second-order valence-electron chi connectivity index (χ2n) is 2.07. The van der Waals surface area contributed by atoms with Crippen molar-refractivity contribution in [3.05, 3.63) is 12.2 Å². The Morgan fingerprint density at radius 3 is 2.00 bits per heavy atom. The molecule has 0 spiro atoms. The van der Waals surface area contributed by atoms with E-state index in [4.69, 9.17) is 5.11 Å². The minimum atomic E-state index is -1.13. The number of aliphatic hydroxyl groups is 1. The minimum absolute atomic E-state index is 0.144. The molecule has 3 nitrogen and oxygen atoms in total. The van der Waals surface area contributed by atoms with Crippen LogP contribution in [0.1, 0.15) is 13.8 Å². The Bertz CT molecular complexity index is 179. The van der Waals surface area contributed by atoms with Gasteiger partial charge < -0.3 is 5.11 Å². The summed E-state index contributed by atoms with van der Waals surface area (Å²) in [4.78, 5) is 21.2. The molecule has 0 rings (SSSR count). The van der Waals surface area contributed by atoms with Crippen LogP contribution in [0.3, 0.4) is 0 Å². The molecular formula is C7H10O3. The van der Waals surface area contributed by atoms with Crippen LogP contribution in [0.15, 0.2) is 12.2 Å². The summed E-state index contributed by atoms with van der Waals surface area (Å²) >= 11 is 0. The highest BCUT2D eigenvalue weighted by molar-refractivity contribution is 6.20. The van der Waals surface area contributed by atoms with E-state index in [2.05, 4.69) is 6.58 Å². The summed E-state index contributed by atoms with van der Waals surface area (Å²) in [5, 5.41) is 8.68. The molecule has 1 atom stereocenters. The molecule has 1 N–H and O–H groups in total. The number of ketones is 2. The van der Waals surface area contributed by atoms with Crippen molar-refractivity contribution in [2.45, 2.75) is 20.0 Å². The minimum Gasteiger partial charge on any atom is -0.385 e. The molecule has 3 heteroatoms. The first-order valence-electron chi connectivity index (χ1n) is 2.89. The standard InChI is InChI=1S/C7H10O3/c1-4(5(2)8)7(10)6(3)9/h6,9H,1H2,2-3H3. The summed E-state index contributed by atoms with van der Waals surface area (Å²) < 4.78 is 0. The molecule has 0 aliphatic rings. The van der Waals surface area contributed by atoms with Crippen LogP contribution >= 0.6 is 0 Å². The molecule has 0 saturated carbocycles. The molecule has 0 heterocycles. The number of Topliss-reactive ketones (excluding diaryl/α,β-unsaturated/α-hetero) is 2. The number of hydrogen-bond acceptors (Lipinski definition) is 3. The van der Waals surface area contributed by atoms with Gasteiger partial charge in [-0.1, -0.05) is 6.58 Å². The molecule has 0 saturated heterocycles. The van der Waals surface area contributed by atoms with Crippen LogP contribution < -0.4 is 0 Å². The van der Waals surface area contributed by atoms with Crippen molar-refractivity contribution >= 4 is 11.6 Å². The summed E-state index contributed by atoms with van der Waals surface area (Å²) in [6.45, 7) is 5.76. The van der Waals surface area contributed by atoms with Crippen LogP contribution in [0.5, 0.6) is 0 Å². The SMILES string of the molecule is C=C(C(C)=O)C(=O)C(C)O. The molecule has 1 unspecified atom stereocenters. The van der Waals surface area contributed by atoms with Gasteiger partial charge in [-0.25, -0.2) is 0 Å². The second-order valence-corrected chi connectivity index (χ2v) is 2.07. The van der Waals surface area contributed by atoms with Gasteiger partial charge in [0.2, 0.25) is 0 Å². The van der Waals surface area contributed by atoms with E-state index < -0.39 is 17.7 Å². The molecule has 0 aromatic rings. The first-order chi connectivity index (χ1) is 4.46. The Morgan fingerprint density at radius 2 is 1.90 bits per heavy atom. The van der Waals surface area contributed by atoms with E-state index >= 15 is 0 Å². The Labute approximate surface area is 59.4 Å². The Hall–Kier alpha value is -0.960. The Kier molecular flexibility index (Phi) is 2.96. The number of rotatable bonds is 3. The summed E-state index contributed by atoms with van der Waals surface area (Å²) in [5.41, 5.74) is -0.144. The average Bonchev–Trinajstić information content (AvgIpc) is 1.84.